The zero-order valence-corrected chi connectivity index (χ0v) is 10.8. The van der Waals surface area contributed by atoms with E-state index in [0.717, 1.165) is 32.1 Å². The molecule has 96 valence electrons. The van der Waals surface area contributed by atoms with Crippen LogP contribution in [0.5, 0.6) is 0 Å². The molecule has 0 aromatic heterocycles. The topological polar surface area (TPSA) is 64.3 Å². The lowest BCUT2D eigenvalue weighted by Crippen LogP contribution is -2.53. The Morgan fingerprint density at radius 3 is 2.47 bits per heavy atom. The van der Waals surface area contributed by atoms with Crippen molar-refractivity contribution >= 4 is 5.97 Å². The normalized spacial score (nSPS) is 20.8. The van der Waals surface area contributed by atoms with Crippen LogP contribution in [0.3, 0.4) is 0 Å². The van der Waals surface area contributed by atoms with E-state index >= 15 is 0 Å². The van der Waals surface area contributed by atoms with Gasteiger partial charge in [-0.05, 0) is 26.3 Å². The van der Waals surface area contributed by atoms with Crippen LogP contribution in [0.2, 0.25) is 0 Å². The van der Waals surface area contributed by atoms with Gasteiger partial charge < -0.3 is 5.11 Å². The molecule has 0 amide bonds. The minimum absolute atomic E-state index is 0.154. The number of carboxylic acids is 1. The highest BCUT2D eigenvalue weighted by Crippen LogP contribution is 2.37. The molecule has 1 rings (SSSR count). The van der Waals surface area contributed by atoms with Crippen LogP contribution in [-0.2, 0) is 4.79 Å². The highest BCUT2D eigenvalue weighted by molar-refractivity contribution is 5.68. The standard InChI is InChI=1S/C13H22N2O2/c1-3-11(10-14)15(2)13(9-12(16)17)7-5-4-6-8-13/h11H,3-9H2,1-2H3,(H,16,17). The summed E-state index contributed by atoms with van der Waals surface area (Å²) in [5.74, 6) is -0.758. The fraction of sp³-hybridized carbons (Fsp3) is 0.846. The van der Waals surface area contributed by atoms with Crippen molar-refractivity contribution < 1.29 is 9.90 Å². The zero-order valence-electron chi connectivity index (χ0n) is 10.8. The molecule has 0 bridgehead atoms. The summed E-state index contributed by atoms with van der Waals surface area (Å²) in [6, 6.07) is 2.11. The number of aliphatic carboxylic acids is 1. The van der Waals surface area contributed by atoms with Crippen LogP contribution in [0.15, 0.2) is 0 Å². The minimum atomic E-state index is -0.758. The second-order valence-corrected chi connectivity index (χ2v) is 5.02. The highest BCUT2D eigenvalue weighted by Gasteiger charge is 2.40. The first-order valence-corrected chi connectivity index (χ1v) is 6.40. The zero-order chi connectivity index (χ0) is 12.9. The number of carbonyl (C=O) groups is 1. The largest absolute Gasteiger partial charge is 0.481 e. The van der Waals surface area contributed by atoms with Gasteiger partial charge in [0.05, 0.1) is 18.5 Å². The molecule has 0 saturated heterocycles. The van der Waals surface area contributed by atoms with Crippen molar-refractivity contribution in [2.24, 2.45) is 0 Å². The van der Waals surface area contributed by atoms with Gasteiger partial charge in [0.1, 0.15) is 0 Å². The van der Waals surface area contributed by atoms with E-state index in [2.05, 4.69) is 6.07 Å². The third-order valence-electron chi connectivity index (χ3n) is 4.02. The van der Waals surface area contributed by atoms with Gasteiger partial charge in [-0.25, -0.2) is 0 Å². The third-order valence-corrected chi connectivity index (χ3v) is 4.02. The minimum Gasteiger partial charge on any atom is -0.481 e. The Bertz CT molecular complexity index is 303. The van der Waals surface area contributed by atoms with E-state index in [0.29, 0.717) is 0 Å². The van der Waals surface area contributed by atoms with Crippen LogP contribution in [-0.4, -0.2) is 34.6 Å². The lowest BCUT2D eigenvalue weighted by molar-refractivity contribution is -0.141. The van der Waals surface area contributed by atoms with Gasteiger partial charge in [-0.15, -0.1) is 0 Å². The summed E-state index contributed by atoms with van der Waals surface area (Å²) in [7, 11) is 1.91. The van der Waals surface area contributed by atoms with Crippen LogP contribution >= 0.6 is 0 Å². The van der Waals surface area contributed by atoms with Gasteiger partial charge in [-0.2, -0.15) is 5.26 Å². The second-order valence-electron chi connectivity index (χ2n) is 5.02. The molecule has 0 aliphatic heterocycles. The van der Waals surface area contributed by atoms with Crippen molar-refractivity contribution in [1.29, 1.82) is 5.26 Å². The van der Waals surface area contributed by atoms with Crippen LogP contribution in [0.25, 0.3) is 0 Å². The lowest BCUT2D eigenvalue weighted by Gasteiger charge is -2.45. The molecule has 4 nitrogen and oxygen atoms in total. The predicted molar refractivity (Wildman–Crippen MR) is 65.5 cm³/mol. The first-order valence-electron chi connectivity index (χ1n) is 6.40. The number of rotatable bonds is 5. The maximum atomic E-state index is 11.1. The number of carboxylic acid groups (broad SMARTS) is 1. The first kappa shape index (κ1) is 14.0. The summed E-state index contributed by atoms with van der Waals surface area (Å²) in [5, 5.41) is 18.2. The molecule has 0 aromatic carbocycles. The van der Waals surface area contributed by atoms with Crippen molar-refractivity contribution in [2.45, 2.75) is 63.5 Å². The molecular formula is C13H22N2O2. The van der Waals surface area contributed by atoms with Crippen molar-refractivity contribution in [1.82, 2.24) is 4.90 Å². The van der Waals surface area contributed by atoms with Gasteiger partial charge in [-0.1, -0.05) is 26.2 Å². The first-order chi connectivity index (χ1) is 8.05. The van der Waals surface area contributed by atoms with Crippen molar-refractivity contribution in [2.75, 3.05) is 7.05 Å². The summed E-state index contributed by atoms with van der Waals surface area (Å²) in [5.41, 5.74) is -0.305. The SMILES string of the molecule is CCC(C#N)N(C)C1(CC(=O)O)CCCCC1. The molecule has 17 heavy (non-hydrogen) atoms. The number of nitriles is 1. The van der Waals surface area contributed by atoms with Crippen molar-refractivity contribution in [3.8, 4) is 6.07 Å². The Labute approximate surface area is 103 Å². The average molecular weight is 238 g/mol. The second kappa shape index (κ2) is 6.02. The van der Waals surface area contributed by atoms with Gasteiger partial charge in [0.2, 0.25) is 0 Å². The Morgan fingerprint density at radius 2 is 2.06 bits per heavy atom. The molecule has 4 heteroatoms. The average Bonchev–Trinajstić information content (AvgIpc) is 2.30. The number of hydrogen-bond acceptors (Lipinski definition) is 3. The number of hydrogen-bond donors (Lipinski definition) is 1. The maximum Gasteiger partial charge on any atom is 0.305 e. The monoisotopic (exact) mass is 238 g/mol. The van der Waals surface area contributed by atoms with Gasteiger partial charge in [0.15, 0.2) is 0 Å². The summed E-state index contributed by atoms with van der Waals surface area (Å²) >= 11 is 0. The molecule has 1 atom stereocenters. The summed E-state index contributed by atoms with van der Waals surface area (Å²) in [6.45, 7) is 1.97. The van der Waals surface area contributed by atoms with E-state index in [1.54, 1.807) is 0 Å². The molecule has 1 aliphatic carbocycles. The Hall–Kier alpha value is -1.08. The maximum absolute atomic E-state index is 11.1. The molecule has 1 fully saturated rings. The molecule has 1 aliphatic rings. The molecular weight excluding hydrogens is 216 g/mol. The molecule has 0 spiro atoms. The van der Waals surface area contributed by atoms with E-state index in [9.17, 15) is 4.79 Å². The molecule has 1 saturated carbocycles. The van der Waals surface area contributed by atoms with Gasteiger partial charge >= 0.3 is 5.97 Å². The predicted octanol–water partition coefficient (Wildman–Crippen LogP) is 2.40. The molecule has 1 unspecified atom stereocenters. The molecule has 0 heterocycles. The van der Waals surface area contributed by atoms with E-state index in [-0.39, 0.29) is 18.0 Å². The third kappa shape index (κ3) is 3.19. The Kier molecular flexibility index (Phi) is 4.95. The summed E-state index contributed by atoms with van der Waals surface area (Å²) in [6.07, 6.45) is 6.01. The quantitative estimate of drug-likeness (QED) is 0.798. The van der Waals surface area contributed by atoms with Crippen molar-refractivity contribution in [3.05, 3.63) is 0 Å². The smallest absolute Gasteiger partial charge is 0.305 e. The summed E-state index contributed by atoms with van der Waals surface area (Å²) in [4.78, 5) is 13.1. The van der Waals surface area contributed by atoms with Gasteiger partial charge in [0.25, 0.3) is 0 Å². The van der Waals surface area contributed by atoms with E-state index in [4.69, 9.17) is 10.4 Å². The summed E-state index contributed by atoms with van der Waals surface area (Å²) < 4.78 is 0. The van der Waals surface area contributed by atoms with Gasteiger partial charge in [0, 0.05) is 5.54 Å². The van der Waals surface area contributed by atoms with Crippen molar-refractivity contribution in [3.63, 3.8) is 0 Å². The Morgan fingerprint density at radius 1 is 1.47 bits per heavy atom. The molecule has 0 radical (unpaired) electrons. The van der Waals surface area contributed by atoms with E-state index in [1.807, 2.05) is 18.9 Å². The lowest BCUT2D eigenvalue weighted by atomic mass is 9.77. The Balaban J connectivity index is 2.88. The van der Waals surface area contributed by atoms with Crippen LogP contribution in [0.4, 0.5) is 0 Å². The van der Waals surface area contributed by atoms with Crippen LogP contribution < -0.4 is 0 Å². The van der Waals surface area contributed by atoms with Gasteiger partial charge in [-0.3, -0.25) is 9.69 Å². The number of nitrogens with zero attached hydrogens (tertiary/aromatic N) is 2. The van der Waals surface area contributed by atoms with E-state index < -0.39 is 5.97 Å². The molecule has 0 aromatic rings. The van der Waals surface area contributed by atoms with Crippen LogP contribution in [0.1, 0.15) is 51.9 Å². The van der Waals surface area contributed by atoms with E-state index in [1.165, 1.54) is 6.42 Å². The highest BCUT2D eigenvalue weighted by atomic mass is 16.4. The molecule has 1 N–H and O–H groups in total. The fourth-order valence-electron chi connectivity index (χ4n) is 2.93. The fourth-order valence-corrected chi connectivity index (χ4v) is 2.93. The van der Waals surface area contributed by atoms with Crippen LogP contribution in [0, 0.1) is 11.3 Å².